The molecule has 0 aliphatic carbocycles. The van der Waals surface area contributed by atoms with Crippen molar-refractivity contribution in [3.63, 3.8) is 0 Å². The lowest BCUT2D eigenvalue weighted by molar-refractivity contribution is -0.167. The highest BCUT2D eigenvalue weighted by atomic mass is 16.6. The van der Waals surface area contributed by atoms with E-state index >= 15 is 0 Å². The zero-order valence-corrected chi connectivity index (χ0v) is 36.7. The van der Waals surface area contributed by atoms with Crippen LogP contribution in [0, 0.1) is 5.92 Å². The first-order valence-corrected chi connectivity index (χ1v) is 23.9. The van der Waals surface area contributed by atoms with Crippen LogP contribution in [-0.4, -0.2) is 37.2 Å². The number of hydrogen-bond acceptors (Lipinski definition) is 6. The van der Waals surface area contributed by atoms with Gasteiger partial charge in [-0.25, -0.2) is 0 Å². The van der Waals surface area contributed by atoms with Crippen LogP contribution < -0.4 is 0 Å². The summed E-state index contributed by atoms with van der Waals surface area (Å²) in [5.41, 5.74) is 0. The normalized spacial score (nSPS) is 11.9. The summed E-state index contributed by atoms with van der Waals surface area (Å²) in [6.07, 6.45) is 42.6. The van der Waals surface area contributed by atoms with Crippen molar-refractivity contribution in [2.45, 2.75) is 271 Å². The summed E-state index contributed by atoms with van der Waals surface area (Å²) in [6, 6.07) is 0. The molecule has 0 spiro atoms. The zero-order valence-electron chi connectivity index (χ0n) is 36.7. The number of esters is 3. The molecular weight excluding hydrogens is 673 g/mol. The second-order valence-electron chi connectivity index (χ2n) is 16.9. The van der Waals surface area contributed by atoms with E-state index in [9.17, 15) is 14.4 Å². The molecule has 0 bridgehead atoms. The molecule has 0 radical (unpaired) electrons. The number of carbonyl (C=O) groups excluding carboxylic acids is 3. The van der Waals surface area contributed by atoms with Gasteiger partial charge in [0.15, 0.2) is 6.10 Å². The lowest BCUT2D eigenvalue weighted by Gasteiger charge is -2.18. The fourth-order valence-electron chi connectivity index (χ4n) is 7.16. The van der Waals surface area contributed by atoms with Crippen molar-refractivity contribution in [1.82, 2.24) is 0 Å². The molecule has 0 rings (SSSR count). The summed E-state index contributed by atoms with van der Waals surface area (Å²) >= 11 is 0. The van der Waals surface area contributed by atoms with Gasteiger partial charge in [-0.2, -0.15) is 0 Å². The van der Waals surface area contributed by atoms with E-state index in [4.69, 9.17) is 14.2 Å². The van der Waals surface area contributed by atoms with Gasteiger partial charge in [-0.05, 0) is 25.2 Å². The third-order valence-electron chi connectivity index (χ3n) is 10.8. The van der Waals surface area contributed by atoms with Gasteiger partial charge in [-0.1, -0.05) is 227 Å². The Labute approximate surface area is 336 Å². The van der Waals surface area contributed by atoms with Gasteiger partial charge in [0.05, 0.1) is 0 Å². The van der Waals surface area contributed by atoms with Crippen LogP contribution in [0.5, 0.6) is 0 Å². The number of ether oxygens (including phenoxy) is 3. The molecule has 0 saturated carbocycles. The highest BCUT2D eigenvalue weighted by Gasteiger charge is 2.19. The minimum atomic E-state index is -0.758. The van der Waals surface area contributed by atoms with Crippen LogP contribution in [0.1, 0.15) is 265 Å². The van der Waals surface area contributed by atoms with Gasteiger partial charge >= 0.3 is 17.9 Å². The molecule has 0 aromatic heterocycles. The van der Waals surface area contributed by atoms with Crippen LogP contribution >= 0.6 is 0 Å². The van der Waals surface area contributed by atoms with Crippen LogP contribution in [0.2, 0.25) is 0 Å². The molecule has 0 amide bonds. The van der Waals surface area contributed by atoms with Crippen molar-refractivity contribution in [2.24, 2.45) is 5.92 Å². The van der Waals surface area contributed by atoms with E-state index in [1.54, 1.807) is 0 Å². The Hall–Kier alpha value is -1.59. The van der Waals surface area contributed by atoms with E-state index < -0.39 is 6.10 Å². The highest BCUT2D eigenvalue weighted by molar-refractivity contribution is 5.71. The first-order chi connectivity index (χ1) is 26.4. The maximum Gasteiger partial charge on any atom is 0.306 e. The van der Waals surface area contributed by atoms with Gasteiger partial charge in [0, 0.05) is 19.3 Å². The van der Waals surface area contributed by atoms with Gasteiger partial charge < -0.3 is 14.2 Å². The molecule has 0 fully saturated rings. The second kappa shape index (κ2) is 42.6. The quantitative estimate of drug-likeness (QED) is 0.0349. The van der Waals surface area contributed by atoms with E-state index in [1.807, 2.05) is 0 Å². The van der Waals surface area contributed by atoms with Crippen molar-refractivity contribution in [1.29, 1.82) is 0 Å². The average molecular weight is 765 g/mol. The minimum Gasteiger partial charge on any atom is -0.462 e. The largest absolute Gasteiger partial charge is 0.462 e. The number of hydrogen-bond donors (Lipinski definition) is 0. The average Bonchev–Trinajstić information content (AvgIpc) is 3.15. The summed E-state index contributed by atoms with van der Waals surface area (Å²) in [5, 5.41) is 0. The fourth-order valence-corrected chi connectivity index (χ4v) is 7.16. The van der Waals surface area contributed by atoms with Crippen molar-refractivity contribution < 1.29 is 28.6 Å². The van der Waals surface area contributed by atoms with Gasteiger partial charge in [-0.3, -0.25) is 14.4 Å². The van der Waals surface area contributed by atoms with Gasteiger partial charge in [0.2, 0.25) is 0 Å². The molecule has 0 N–H and O–H groups in total. The molecule has 54 heavy (non-hydrogen) atoms. The maximum atomic E-state index is 12.7. The highest BCUT2D eigenvalue weighted by Crippen LogP contribution is 2.17. The monoisotopic (exact) mass is 765 g/mol. The molecule has 0 aliphatic heterocycles. The zero-order chi connectivity index (χ0) is 39.6. The summed E-state index contributed by atoms with van der Waals surface area (Å²) in [6.45, 7) is 8.93. The molecular formula is C48H92O6. The Kier molecular flexibility index (Phi) is 41.3. The van der Waals surface area contributed by atoms with Crippen LogP contribution in [0.25, 0.3) is 0 Å². The first-order valence-electron chi connectivity index (χ1n) is 23.9. The van der Waals surface area contributed by atoms with E-state index in [-0.39, 0.29) is 31.1 Å². The molecule has 0 saturated heterocycles. The minimum absolute atomic E-state index is 0.0644. The Bertz CT molecular complexity index is 811. The van der Waals surface area contributed by atoms with Crippen molar-refractivity contribution in [3.8, 4) is 0 Å². The lowest BCUT2D eigenvalue weighted by Crippen LogP contribution is -2.30. The van der Waals surface area contributed by atoms with Gasteiger partial charge in [0.1, 0.15) is 13.2 Å². The Balaban J connectivity index is 4.15. The van der Waals surface area contributed by atoms with E-state index in [2.05, 4.69) is 27.7 Å². The van der Waals surface area contributed by atoms with Crippen molar-refractivity contribution in [2.75, 3.05) is 13.2 Å². The van der Waals surface area contributed by atoms with Gasteiger partial charge in [-0.15, -0.1) is 0 Å². The number of unbranched alkanes of at least 4 members (excludes halogenated alkanes) is 30. The molecule has 6 nitrogen and oxygen atoms in total. The van der Waals surface area contributed by atoms with Crippen LogP contribution in [0.4, 0.5) is 0 Å². The van der Waals surface area contributed by atoms with E-state index in [0.29, 0.717) is 19.3 Å². The standard InChI is InChI=1S/C48H92O6/c1-5-7-9-11-12-13-14-15-16-17-18-23-26-29-33-37-41-48(51)54-45(42-52-46(49)39-35-30-10-8-6-2)43-53-47(50)40-36-32-28-25-22-20-19-21-24-27-31-34-38-44(3)4/h44-45H,5-43H2,1-4H3/t45-/m1/s1. The Morgan fingerprint density at radius 3 is 0.907 bits per heavy atom. The summed E-state index contributed by atoms with van der Waals surface area (Å²) < 4.78 is 16.6. The van der Waals surface area contributed by atoms with Crippen LogP contribution in [0.3, 0.4) is 0 Å². The van der Waals surface area contributed by atoms with Crippen molar-refractivity contribution in [3.05, 3.63) is 0 Å². The molecule has 0 unspecified atom stereocenters. The smallest absolute Gasteiger partial charge is 0.306 e. The predicted molar refractivity (Wildman–Crippen MR) is 229 cm³/mol. The number of carbonyl (C=O) groups is 3. The van der Waals surface area contributed by atoms with Crippen molar-refractivity contribution >= 4 is 17.9 Å². The molecule has 0 aromatic rings. The third-order valence-corrected chi connectivity index (χ3v) is 10.8. The number of rotatable bonds is 43. The van der Waals surface area contributed by atoms with E-state index in [1.165, 1.54) is 154 Å². The lowest BCUT2D eigenvalue weighted by atomic mass is 10.0. The molecule has 0 aliphatic rings. The third kappa shape index (κ3) is 41.6. The summed E-state index contributed by atoms with van der Waals surface area (Å²) in [4.78, 5) is 37.5. The Morgan fingerprint density at radius 2 is 0.611 bits per heavy atom. The predicted octanol–water partition coefficient (Wildman–Crippen LogP) is 15.1. The van der Waals surface area contributed by atoms with Gasteiger partial charge in [0.25, 0.3) is 0 Å². The Morgan fingerprint density at radius 1 is 0.352 bits per heavy atom. The fraction of sp³-hybridized carbons (Fsp3) is 0.938. The molecule has 320 valence electrons. The summed E-state index contributed by atoms with van der Waals surface area (Å²) in [7, 11) is 0. The summed E-state index contributed by atoms with van der Waals surface area (Å²) in [5.74, 6) is -0.0304. The molecule has 0 heterocycles. The topological polar surface area (TPSA) is 78.9 Å². The maximum absolute atomic E-state index is 12.7. The molecule has 6 heteroatoms. The van der Waals surface area contributed by atoms with E-state index in [0.717, 1.165) is 70.1 Å². The first kappa shape index (κ1) is 52.4. The van der Waals surface area contributed by atoms with Crippen LogP contribution in [0.15, 0.2) is 0 Å². The molecule has 1 atom stereocenters. The molecule has 0 aromatic carbocycles. The second-order valence-corrected chi connectivity index (χ2v) is 16.9. The van der Waals surface area contributed by atoms with Crippen LogP contribution in [-0.2, 0) is 28.6 Å². The SMILES string of the molecule is CCCCCCCCCCCCCCCCCCC(=O)O[C@H](COC(=O)CCCCCCC)COC(=O)CCCCCCCCCCCCCCC(C)C.